The fourth-order valence-electron chi connectivity index (χ4n) is 21.8. The molecule has 3 saturated carbocycles. The van der Waals surface area contributed by atoms with Gasteiger partial charge in [-0.2, -0.15) is 5.10 Å². The first-order valence-electron chi connectivity index (χ1n) is 50.2. The van der Waals surface area contributed by atoms with Gasteiger partial charge < -0.3 is 127 Å². The number of para-hydroxylation sites is 1. The molecule has 0 aromatic heterocycles. The molecule has 12 rings (SSSR count). The molecule has 5 aliphatic carbocycles. The van der Waals surface area contributed by atoms with Crippen molar-refractivity contribution >= 4 is 81.9 Å². The van der Waals surface area contributed by atoms with Gasteiger partial charge >= 0.3 is 0 Å². The van der Waals surface area contributed by atoms with Crippen molar-refractivity contribution in [2.45, 2.75) is 299 Å². The van der Waals surface area contributed by atoms with Gasteiger partial charge in [-0.1, -0.05) is 139 Å². The van der Waals surface area contributed by atoms with E-state index in [0.717, 1.165) is 59.9 Å². The lowest BCUT2D eigenvalue weighted by atomic mass is 9.49. The summed E-state index contributed by atoms with van der Waals surface area (Å²) in [6.07, 6.45) is -7.23. The van der Waals surface area contributed by atoms with E-state index in [0.29, 0.717) is 75.7 Å². The van der Waals surface area contributed by atoms with Crippen LogP contribution in [0.5, 0.6) is 0 Å². The molecule has 38 heteroatoms. The minimum Gasteiger partial charge on any atom is -0.394 e. The average molecular weight is 1980 g/mol. The number of hydrogen-bond acceptors (Lipinski definition) is 29. The van der Waals surface area contributed by atoms with Gasteiger partial charge in [0, 0.05) is 49.2 Å². The number of nitrogens with zero attached hydrogens (tertiary/aromatic N) is 3. The minimum absolute atomic E-state index is 0.0000454. The van der Waals surface area contributed by atoms with Crippen LogP contribution in [0.15, 0.2) is 95.0 Å². The number of hydrazone groups is 1. The van der Waals surface area contributed by atoms with Crippen LogP contribution in [0.3, 0.4) is 0 Å². The molecule has 4 aromatic carbocycles. The first-order chi connectivity index (χ1) is 68.1. The maximum Gasteiger partial charge on any atom is 0.249 e. The molecule has 21 atom stereocenters. The summed E-state index contributed by atoms with van der Waals surface area (Å²) in [6.45, 7) is 14.4. The Morgan fingerprint density at radius 2 is 1.17 bits per heavy atom. The van der Waals surface area contributed by atoms with Crippen molar-refractivity contribution in [3.63, 3.8) is 0 Å². The number of unbranched alkanes of at least 4 members (excludes halogenated alkanes) is 1. The number of imide groups is 1. The molecule has 3 heterocycles. The Hall–Kier alpha value is -10.2. The third-order valence-electron chi connectivity index (χ3n) is 29.8. The molecule has 3 aliphatic heterocycles. The van der Waals surface area contributed by atoms with E-state index in [4.69, 9.17) is 43.7 Å². The lowest BCUT2D eigenvalue weighted by Gasteiger charge is -2.56. The number of hydrogen-bond donors (Lipinski definition) is 17. The summed E-state index contributed by atoms with van der Waals surface area (Å²) in [5.41, 5.74) is 7.36. The van der Waals surface area contributed by atoms with Gasteiger partial charge in [-0.15, -0.1) is 0 Å². The largest absolute Gasteiger partial charge is 0.394 e. The number of aliphatic hydroxyl groups is 8. The Balaban J connectivity index is 0.601. The third-order valence-corrected chi connectivity index (χ3v) is 29.8. The molecule has 0 spiro atoms. The van der Waals surface area contributed by atoms with Gasteiger partial charge in [0.05, 0.1) is 101 Å². The van der Waals surface area contributed by atoms with Crippen molar-refractivity contribution in [1.29, 1.82) is 0 Å². The SMILES string of the molecule is Cc1ccc2c(c1)[C@@]1(C)CCC[C@](C)(C(=O)NC(=O)[C@@]3(C)CCC[C@]4(C)c5cc(NC(=O)[C@H](CO)NC(=O)[C@H](C)NC(=O)[C@@H](NC(=O)[C@@H](CCCCNC(=O)COC6CCCCCC(=N[C@H]7O[C@H](CO)[C@@H](O[C@H]8O[C@H](CO)[C@@H](O)[C@H](O)[C@H]8O)[C@H](O)[C@H]7O)C6=NN)NC(=O)CCOCCOCCOCCOCCNC(=O)CCC(=O)N6Cc7ccccc7C#Cc7ccccc76)C(C)C)ccc5CC[C@@H]34)[C@@H]1CC2. The highest BCUT2D eigenvalue weighted by molar-refractivity contribution is 6.44. The molecule has 38 nitrogen and oxygen atoms in total. The van der Waals surface area contributed by atoms with Crippen LogP contribution < -0.4 is 53.3 Å². The van der Waals surface area contributed by atoms with Crippen molar-refractivity contribution in [3.05, 3.63) is 129 Å². The molecule has 2 saturated heterocycles. The second-order valence-corrected chi connectivity index (χ2v) is 40.0. The van der Waals surface area contributed by atoms with Gasteiger partial charge in [0.2, 0.25) is 59.1 Å². The Labute approximate surface area is 829 Å². The van der Waals surface area contributed by atoms with E-state index in [2.05, 4.69) is 110 Å². The highest BCUT2D eigenvalue weighted by atomic mass is 16.7. The number of carbonyl (C=O) groups is 10. The summed E-state index contributed by atoms with van der Waals surface area (Å²) in [7, 11) is 0. The molecule has 1 unspecified atom stereocenters. The highest BCUT2D eigenvalue weighted by Crippen LogP contribution is 2.60. The van der Waals surface area contributed by atoms with E-state index in [-0.39, 0.29) is 163 Å². The fourth-order valence-corrected chi connectivity index (χ4v) is 21.8. The van der Waals surface area contributed by atoms with Crippen molar-refractivity contribution in [1.82, 2.24) is 37.2 Å². The summed E-state index contributed by atoms with van der Waals surface area (Å²) in [4.78, 5) is 147. The van der Waals surface area contributed by atoms with Crippen LogP contribution >= 0.6 is 0 Å². The van der Waals surface area contributed by atoms with Crippen molar-refractivity contribution < 1.29 is 127 Å². The number of aliphatic imine (C=N–C) groups is 1. The Morgan fingerprint density at radius 3 is 1.82 bits per heavy atom. The van der Waals surface area contributed by atoms with E-state index < -0.39 is 176 Å². The number of rotatable bonds is 44. The maximum atomic E-state index is 15.0. The molecule has 8 aliphatic rings. The minimum atomic E-state index is -1.87. The number of aryl methyl sites for hydroxylation is 3. The van der Waals surface area contributed by atoms with Crippen molar-refractivity contribution in [2.24, 2.45) is 44.5 Å². The summed E-state index contributed by atoms with van der Waals surface area (Å²) >= 11 is 0. The molecule has 4 aromatic rings. The third kappa shape index (κ3) is 27.3. The quantitative estimate of drug-likeness (QED) is 0.00993. The smallest absolute Gasteiger partial charge is 0.249 e. The van der Waals surface area contributed by atoms with Gasteiger partial charge in [-0.05, 0) is 190 Å². The van der Waals surface area contributed by atoms with Crippen LogP contribution in [0.4, 0.5) is 11.4 Å². The number of anilines is 2. The number of nitrogens with two attached hydrogens (primary N) is 1. The average Bonchev–Trinajstić information content (AvgIpc) is 0.720. The lowest BCUT2D eigenvalue weighted by Crippen LogP contribution is -2.64. The number of benzene rings is 4. The molecule has 18 N–H and O–H groups in total. The van der Waals surface area contributed by atoms with Gasteiger partial charge in [-0.3, -0.25) is 58.3 Å². The monoisotopic (exact) mass is 1980 g/mol. The number of amides is 10. The summed E-state index contributed by atoms with van der Waals surface area (Å²) in [5.74, 6) is 6.44. The second kappa shape index (κ2) is 51.6. The maximum absolute atomic E-state index is 15.0. The molecule has 5 fully saturated rings. The fraction of sp³-hybridized carbons (Fsp3) is 0.635. The van der Waals surface area contributed by atoms with Crippen LogP contribution in [-0.4, -0.2) is 295 Å². The second-order valence-electron chi connectivity index (χ2n) is 40.0. The topological polar surface area (TPSA) is 557 Å². The zero-order chi connectivity index (χ0) is 102. The van der Waals surface area contributed by atoms with E-state index in [1.807, 2.05) is 67.6 Å². The molecule has 142 heavy (non-hydrogen) atoms. The molecular formula is C104H146N12O26. The number of aliphatic hydroxyl groups excluding tert-OH is 8. The predicted octanol–water partition coefficient (Wildman–Crippen LogP) is 3.22. The van der Waals surface area contributed by atoms with Crippen LogP contribution in [0, 0.1) is 47.3 Å². The van der Waals surface area contributed by atoms with Crippen LogP contribution in [0.1, 0.15) is 215 Å². The van der Waals surface area contributed by atoms with E-state index in [1.165, 1.54) is 23.6 Å². The number of fused-ring (bicyclic) bond motifs is 8. The van der Waals surface area contributed by atoms with Crippen LogP contribution in [-0.2, 0) is 116 Å². The number of nitrogens with one attached hydrogen (secondary N) is 8. The standard InChI is InChI=1S/C104H146N12O26/c1-61(2)85(96(132)108-63(4)93(129)111-74(57-117)95(131)109-69-34-31-66-33-36-80-102(6,71(66)55-69)41-19-43-104(80,8)100(134)114-99(133)103(7)42-18-40-101(5)70-54-62(3)27-28-65(70)32-35-79(101)103)113-94(130)73(110-82(121)39-46-135-48-50-137-52-53-138-51-49-136-47-45-107-81(120)37-38-84(123)116-56-68-22-13-12-20-64(68)29-30-67-21-14-15-25-75(67)116)24-16-17-44-106-83(122)60-139-76-26-11-9-10-23-72(86(76)115-105)112-97-90(127)89(126)92(78(59-119)140-97)142-98-91(128)88(125)87(124)77(58-118)141-98/h12-15,20-22,25,27-28,31,34,54-55,61,63,73-74,76-80,85,87-92,97-98,117-119,124-128H,9-11,16-19,23-24,26,32-33,35-53,56-60,105H2,1-8H3,(H,106,122)(H,107,120)(H,108,132)(H,109,131)(H,110,121)(H,111,129)(H,113,130)(H,114,133,134)/t63-,73+,74-,76?,77+,78+,79+,80+,85-,87+,88-,89+,90+,91+,92+,97-,98+,101+,102+,103-,104-/m0/s1. The Bertz CT molecular complexity index is 5160. The predicted molar refractivity (Wildman–Crippen MR) is 522 cm³/mol. The first-order valence-corrected chi connectivity index (χ1v) is 50.2. The van der Waals surface area contributed by atoms with E-state index in [9.17, 15) is 88.8 Å². The summed E-state index contributed by atoms with van der Waals surface area (Å²) < 4.78 is 45.8. The summed E-state index contributed by atoms with van der Waals surface area (Å²) in [6, 6.07) is 22.0. The van der Waals surface area contributed by atoms with Crippen molar-refractivity contribution in [2.75, 3.05) is 103 Å². The summed E-state index contributed by atoms with van der Waals surface area (Å²) in [5, 5.41) is 111. The zero-order valence-electron chi connectivity index (χ0n) is 82.8. The van der Waals surface area contributed by atoms with Crippen molar-refractivity contribution in [3.8, 4) is 11.8 Å². The number of carbonyl (C=O) groups excluding carboxylic acids is 10. The first kappa shape index (κ1) is 111. The van der Waals surface area contributed by atoms with Gasteiger partial charge in [0.15, 0.2) is 12.5 Å². The zero-order valence-corrected chi connectivity index (χ0v) is 82.8. The normalized spacial score (nSPS) is 28.1. The van der Waals surface area contributed by atoms with E-state index >= 15 is 0 Å². The van der Waals surface area contributed by atoms with Gasteiger partial charge in [0.1, 0.15) is 91.4 Å². The van der Waals surface area contributed by atoms with Crippen LogP contribution in [0.2, 0.25) is 0 Å². The van der Waals surface area contributed by atoms with Gasteiger partial charge in [-0.25, -0.2) is 0 Å². The molecule has 0 radical (unpaired) electrons. The Kier molecular flexibility index (Phi) is 40.2. The molecule has 0 bridgehead atoms. The Morgan fingerprint density at radius 1 is 0.549 bits per heavy atom. The molecule has 778 valence electrons. The van der Waals surface area contributed by atoms with Crippen LogP contribution in [0.25, 0.3) is 0 Å². The number of ether oxygens (including phenoxy) is 8. The van der Waals surface area contributed by atoms with Gasteiger partial charge in [0.25, 0.3) is 0 Å². The van der Waals surface area contributed by atoms with E-state index in [1.54, 1.807) is 24.8 Å². The lowest BCUT2D eigenvalue weighted by molar-refractivity contribution is -0.341. The molecule has 10 amide bonds. The molecular weight excluding hydrogens is 1830 g/mol. The highest BCUT2D eigenvalue weighted by Gasteiger charge is 2.60.